The minimum Gasteiger partial charge on any atom is -0.203 e. The highest BCUT2D eigenvalue weighted by atomic mass is 19.2. The zero-order chi connectivity index (χ0) is 26.7. The van der Waals surface area contributed by atoms with Crippen molar-refractivity contribution in [3.05, 3.63) is 100 Å². The molecular formula is C31H30F6. The van der Waals surface area contributed by atoms with Gasteiger partial charge in [-0.05, 0) is 73.5 Å². The molecule has 0 atom stereocenters. The Labute approximate surface area is 214 Å². The maximum absolute atomic E-state index is 15.1. The first kappa shape index (κ1) is 27.0. The van der Waals surface area contributed by atoms with Crippen LogP contribution in [0.3, 0.4) is 0 Å². The Balaban J connectivity index is 1.42. The molecule has 0 amide bonds. The van der Waals surface area contributed by atoms with E-state index in [4.69, 9.17) is 0 Å². The third kappa shape index (κ3) is 5.48. The van der Waals surface area contributed by atoms with Gasteiger partial charge in [0.2, 0.25) is 0 Å². The zero-order valence-electron chi connectivity index (χ0n) is 20.8. The van der Waals surface area contributed by atoms with Crippen LogP contribution < -0.4 is 0 Å². The summed E-state index contributed by atoms with van der Waals surface area (Å²) in [6, 6.07) is 8.55. The van der Waals surface area contributed by atoms with Crippen molar-refractivity contribution in [1.82, 2.24) is 0 Å². The number of hydrogen-bond donors (Lipinski definition) is 0. The molecule has 1 aliphatic rings. The summed E-state index contributed by atoms with van der Waals surface area (Å²) in [6.45, 7) is 5.32. The SMILES string of the molecule is C=Cc1ccc(-c2ccc(C3CCC(CCc4ccc(CCC)c(F)c4F)CC3)c(F)c2F)c(F)c1F. The molecule has 1 saturated carbocycles. The molecule has 1 aliphatic carbocycles. The smallest absolute Gasteiger partial charge is 0.167 e. The van der Waals surface area contributed by atoms with Crippen LogP contribution in [0.5, 0.6) is 0 Å². The van der Waals surface area contributed by atoms with E-state index < -0.39 is 34.9 Å². The van der Waals surface area contributed by atoms with E-state index in [0.717, 1.165) is 25.3 Å². The molecule has 6 heteroatoms. The first-order valence-corrected chi connectivity index (χ1v) is 12.8. The van der Waals surface area contributed by atoms with Crippen molar-refractivity contribution in [2.75, 3.05) is 0 Å². The van der Waals surface area contributed by atoms with E-state index in [2.05, 4.69) is 6.58 Å². The van der Waals surface area contributed by atoms with Gasteiger partial charge >= 0.3 is 0 Å². The van der Waals surface area contributed by atoms with E-state index in [1.165, 1.54) is 24.3 Å². The highest BCUT2D eigenvalue weighted by Crippen LogP contribution is 2.41. The fraction of sp³-hybridized carbons (Fsp3) is 0.355. The van der Waals surface area contributed by atoms with Crippen LogP contribution in [0.2, 0.25) is 0 Å². The van der Waals surface area contributed by atoms with Gasteiger partial charge in [-0.15, -0.1) is 0 Å². The van der Waals surface area contributed by atoms with Gasteiger partial charge in [0.15, 0.2) is 34.9 Å². The molecule has 0 heterocycles. The Hall–Kier alpha value is -3.02. The van der Waals surface area contributed by atoms with Gasteiger partial charge in [-0.25, -0.2) is 26.3 Å². The lowest BCUT2D eigenvalue weighted by molar-refractivity contribution is 0.303. The molecule has 0 nitrogen and oxygen atoms in total. The lowest BCUT2D eigenvalue weighted by atomic mass is 9.76. The molecule has 37 heavy (non-hydrogen) atoms. The molecule has 0 spiro atoms. The quantitative estimate of drug-likeness (QED) is 0.262. The first-order valence-electron chi connectivity index (χ1n) is 12.8. The Morgan fingerprint density at radius 2 is 1.24 bits per heavy atom. The minimum absolute atomic E-state index is 0.0584. The van der Waals surface area contributed by atoms with Crippen LogP contribution >= 0.6 is 0 Å². The monoisotopic (exact) mass is 516 g/mol. The Morgan fingerprint density at radius 1 is 0.676 bits per heavy atom. The van der Waals surface area contributed by atoms with Crippen LogP contribution in [0.15, 0.2) is 43.0 Å². The van der Waals surface area contributed by atoms with E-state index in [9.17, 15) is 22.0 Å². The third-order valence-electron chi connectivity index (χ3n) is 7.60. The molecule has 4 rings (SSSR count). The summed E-state index contributed by atoms with van der Waals surface area (Å²) >= 11 is 0. The van der Waals surface area contributed by atoms with E-state index in [-0.39, 0.29) is 34.1 Å². The predicted octanol–water partition coefficient (Wildman–Crippen LogP) is 9.69. The molecule has 0 saturated heterocycles. The summed E-state index contributed by atoms with van der Waals surface area (Å²) in [5, 5.41) is 0. The molecule has 0 bridgehead atoms. The molecule has 0 unspecified atom stereocenters. The van der Waals surface area contributed by atoms with Crippen LogP contribution in [0.1, 0.15) is 73.6 Å². The van der Waals surface area contributed by atoms with E-state index in [1.54, 1.807) is 12.1 Å². The second-order valence-corrected chi connectivity index (χ2v) is 9.88. The highest BCUT2D eigenvalue weighted by Gasteiger charge is 2.28. The molecule has 0 radical (unpaired) electrons. The van der Waals surface area contributed by atoms with Crippen LogP contribution in [0, 0.1) is 40.8 Å². The van der Waals surface area contributed by atoms with E-state index in [0.29, 0.717) is 43.2 Å². The lowest BCUT2D eigenvalue weighted by Gasteiger charge is -2.29. The van der Waals surface area contributed by atoms with Crippen molar-refractivity contribution in [3.63, 3.8) is 0 Å². The molecule has 196 valence electrons. The number of rotatable bonds is 8. The first-order chi connectivity index (χ1) is 17.8. The largest absolute Gasteiger partial charge is 0.203 e. The van der Waals surface area contributed by atoms with Crippen molar-refractivity contribution >= 4 is 6.08 Å². The third-order valence-corrected chi connectivity index (χ3v) is 7.60. The lowest BCUT2D eigenvalue weighted by Crippen LogP contribution is -2.16. The number of benzene rings is 3. The summed E-state index contributed by atoms with van der Waals surface area (Å²) < 4.78 is 87.4. The minimum atomic E-state index is -1.25. The molecule has 1 fully saturated rings. The number of aryl methyl sites for hydroxylation is 2. The summed E-state index contributed by atoms with van der Waals surface area (Å²) in [7, 11) is 0. The van der Waals surface area contributed by atoms with Crippen molar-refractivity contribution in [2.45, 2.75) is 64.2 Å². The topological polar surface area (TPSA) is 0 Å². The highest BCUT2D eigenvalue weighted by molar-refractivity contribution is 5.68. The van der Waals surface area contributed by atoms with Gasteiger partial charge < -0.3 is 0 Å². The maximum Gasteiger partial charge on any atom is 0.167 e. The second-order valence-electron chi connectivity index (χ2n) is 9.88. The predicted molar refractivity (Wildman–Crippen MR) is 135 cm³/mol. The fourth-order valence-electron chi connectivity index (χ4n) is 5.42. The summed E-state index contributed by atoms with van der Waals surface area (Å²) in [5.41, 5.74) is 0.251. The Morgan fingerprint density at radius 3 is 1.84 bits per heavy atom. The standard InChI is InChI=1S/C31H30F6/c1-3-5-21-12-13-22(28(34)27(21)33)11-8-18-6-9-20(10-7-18)23-16-17-25(31(37)29(23)35)24-15-14-19(4-2)26(32)30(24)36/h4,12-18,20H,2-3,5-11H2,1H3. The molecule has 0 aromatic heterocycles. The summed E-state index contributed by atoms with van der Waals surface area (Å²) in [5.74, 6) is -6.11. The number of halogens is 6. The average Bonchev–Trinajstić information content (AvgIpc) is 2.90. The van der Waals surface area contributed by atoms with Gasteiger partial charge in [0.05, 0.1) is 0 Å². The normalized spacial score (nSPS) is 17.7. The van der Waals surface area contributed by atoms with E-state index >= 15 is 4.39 Å². The van der Waals surface area contributed by atoms with Gasteiger partial charge in [-0.3, -0.25) is 0 Å². The molecular weight excluding hydrogens is 486 g/mol. The number of hydrogen-bond acceptors (Lipinski definition) is 0. The van der Waals surface area contributed by atoms with Gasteiger partial charge in [0, 0.05) is 16.7 Å². The molecule has 3 aromatic rings. The molecule has 0 aliphatic heterocycles. The van der Waals surface area contributed by atoms with Crippen molar-refractivity contribution < 1.29 is 26.3 Å². The second kappa shape index (κ2) is 11.6. The van der Waals surface area contributed by atoms with Gasteiger partial charge in [0.25, 0.3) is 0 Å². The maximum atomic E-state index is 15.1. The molecule has 3 aromatic carbocycles. The van der Waals surface area contributed by atoms with E-state index in [1.807, 2.05) is 6.92 Å². The van der Waals surface area contributed by atoms with Gasteiger partial charge in [0.1, 0.15) is 0 Å². The van der Waals surface area contributed by atoms with Crippen LogP contribution in [-0.4, -0.2) is 0 Å². The Kier molecular flexibility index (Phi) is 8.46. The average molecular weight is 517 g/mol. The zero-order valence-corrected chi connectivity index (χ0v) is 20.8. The van der Waals surface area contributed by atoms with Gasteiger partial charge in [-0.2, -0.15) is 0 Å². The van der Waals surface area contributed by atoms with Crippen molar-refractivity contribution in [1.29, 1.82) is 0 Å². The van der Waals surface area contributed by atoms with Crippen LogP contribution in [0.25, 0.3) is 17.2 Å². The van der Waals surface area contributed by atoms with Crippen LogP contribution in [-0.2, 0) is 12.8 Å². The summed E-state index contributed by atoms with van der Waals surface area (Å²) in [6.07, 6.45) is 6.28. The van der Waals surface area contributed by atoms with Crippen molar-refractivity contribution in [2.24, 2.45) is 5.92 Å². The van der Waals surface area contributed by atoms with Crippen LogP contribution in [0.4, 0.5) is 26.3 Å². The molecule has 0 N–H and O–H groups in total. The Bertz CT molecular complexity index is 1290. The summed E-state index contributed by atoms with van der Waals surface area (Å²) in [4.78, 5) is 0. The fourth-order valence-corrected chi connectivity index (χ4v) is 5.42. The van der Waals surface area contributed by atoms with Gasteiger partial charge in [-0.1, -0.05) is 62.4 Å². The van der Waals surface area contributed by atoms with Crippen molar-refractivity contribution in [3.8, 4) is 11.1 Å².